The number of carboxylic acids is 1. The average molecular weight is 444 g/mol. The third kappa shape index (κ3) is 6.05. The topological polar surface area (TPSA) is 91.3 Å². The summed E-state index contributed by atoms with van der Waals surface area (Å²) in [5, 5.41) is 15.9. The van der Waals surface area contributed by atoms with Gasteiger partial charge in [-0.3, -0.25) is 4.79 Å². The Labute approximate surface area is 183 Å². The predicted octanol–water partition coefficient (Wildman–Crippen LogP) is 6.15. The van der Waals surface area contributed by atoms with Gasteiger partial charge in [0.2, 0.25) is 0 Å². The van der Waals surface area contributed by atoms with E-state index in [0.29, 0.717) is 22.8 Å². The molecule has 0 radical (unpaired) electrons. The molecule has 0 saturated carbocycles. The van der Waals surface area contributed by atoms with Gasteiger partial charge in [0.25, 0.3) is 0 Å². The third-order valence-electron chi connectivity index (χ3n) is 4.36. The molecule has 0 atom stereocenters. The number of rotatable bonds is 7. The van der Waals surface area contributed by atoms with Crippen LogP contribution in [0.4, 0.5) is 16.2 Å². The van der Waals surface area contributed by atoms with Crippen molar-refractivity contribution in [3.8, 4) is 10.4 Å². The summed E-state index contributed by atoms with van der Waals surface area (Å²) < 4.78 is 0. The molecule has 6 nitrogen and oxygen atoms in total. The maximum atomic E-state index is 12.2. The zero-order valence-corrected chi connectivity index (χ0v) is 18.2. The number of para-hydroxylation sites is 1. The van der Waals surface area contributed by atoms with Crippen molar-refractivity contribution >= 4 is 46.3 Å². The minimum atomic E-state index is -0.807. The smallest absolute Gasteiger partial charge is 0.323 e. The first-order valence-corrected chi connectivity index (χ1v) is 10.5. The third-order valence-corrected chi connectivity index (χ3v) is 5.74. The van der Waals surface area contributed by atoms with Gasteiger partial charge in [-0.15, -0.1) is 11.3 Å². The lowest BCUT2D eigenvalue weighted by atomic mass is 9.86. The number of carboxylic acid groups (broad SMARTS) is 1. The minimum absolute atomic E-state index is 0.0958. The molecule has 156 valence electrons. The van der Waals surface area contributed by atoms with Crippen LogP contribution in [-0.2, 0) is 11.2 Å². The number of carbonyl (C=O) groups excluding carboxylic acids is 1. The molecule has 8 heteroatoms. The Morgan fingerprint density at radius 2 is 1.80 bits per heavy atom. The van der Waals surface area contributed by atoms with E-state index >= 15 is 0 Å². The number of nitrogens with zero attached hydrogens (tertiary/aromatic N) is 1. The molecule has 0 aliphatic rings. The van der Waals surface area contributed by atoms with Crippen molar-refractivity contribution in [1.82, 2.24) is 4.98 Å². The van der Waals surface area contributed by atoms with Gasteiger partial charge in [-0.05, 0) is 35.2 Å². The van der Waals surface area contributed by atoms with Crippen LogP contribution in [0, 0.1) is 5.41 Å². The molecule has 1 heterocycles. The number of amides is 2. The Morgan fingerprint density at radius 1 is 1.10 bits per heavy atom. The second kappa shape index (κ2) is 9.28. The number of aromatic nitrogens is 1. The largest absolute Gasteiger partial charge is 0.481 e. The molecule has 0 bridgehead atoms. The van der Waals surface area contributed by atoms with Crippen LogP contribution >= 0.6 is 22.9 Å². The molecule has 0 fully saturated rings. The molecule has 0 saturated heterocycles. The highest BCUT2D eigenvalue weighted by atomic mass is 35.5. The quantitative estimate of drug-likeness (QED) is 0.408. The van der Waals surface area contributed by atoms with Crippen LogP contribution in [0.5, 0.6) is 0 Å². The Kier molecular flexibility index (Phi) is 6.74. The second-order valence-electron chi connectivity index (χ2n) is 7.67. The Morgan fingerprint density at radius 3 is 2.47 bits per heavy atom. The molecule has 2 aromatic carbocycles. The molecular weight excluding hydrogens is 422 g/mol. The van der Waals surface area contributed by atoms with Crippen molar-refractivity contribution in [2.24, 2.45) is 5.41 Å². The summed E-state index contributed by atoms with van der Waals surface area (Å²) in [6, 6.07) is 14.1. The molecule has 0 aliphatic heterocycles. The lowest BCUT2D eigenvalue weighted by Crippen LogP contribution is -2.19. The molecule has 30 heavy (non-hydrogen) atoms. The van der Waals surface area contributed by atoms with Crippen LogP contribution in [0.2, 0.25) is 5.02 Å². The van der Waals surface area contributed by atoms with E-state index in [1.54, 1.807) is 41.8 Å². The summed E-state index contributed by atoms with van der Waals surface area (Å²) in [6.07, 6.45) is 2.49. The molecular formula is C22H22ClN3O3S. The van der Waals surface area contributed by atoms with Gasteiger partial charge < -0.3 is 15.7 Å². The van der Waals surface area contributed by atoms with Crippen LogP contribution < -0.4 is 10.6 Å². The Hall–Kier alpha value is -2.90. The van der Waals surface area contributed by atoms with Crippen LogP contribution in [0.25, 0.3) is 10.4 Å². The zero-order valence-electron chi connectivity index (χ0n) is 16.6. The van der Waals surface area contributed by atoms with Crippen molar-refractivity contribution in [1.29, 1.82) is 0 Å². The summed E-state index contributed by atoms with van der Waals surface area (Å²) >= 11 is 7.59. The summed E-state index contributed by atoms with van der Waals surface area (Å²) in [4.78, 5) is 28.6. The van der Waals surface area contributed by atoms with E-state index in [9.17, 15) is 9.59 Å². The number of urea groups is 1. The summed E-state index contributed by atoms with van der Waals surface area (Å²) in [5.74, 6) is -0.807. The van der Waals surface area contributed by atoms with Gasteiger partial charge in [0.05, 0.1) is 27.0 Å². The number of anilines is 2. The van der Waals surface area contributed by atoms with Crippen molar-refractivity contribution in [2.75, 3.05) is 10.6 Å². The molecule has 0 aliphatic carbocycles. The molecule has 3 N–H and O–H groups in total. The van der Waals surface area contributed by atoms with E-state index in [1.807, 2.05) is 38.1 Å². The SMILES string of the molecule is CC(C)(CC(=O)O)Cc1ncc(-c2ccc(NC(=O)Nc3ccccc3Cl)cc2)s1. The predicted molar refractivity (Wildman–Crippen MR) is 121 cm³/mol. The van der Waals surface area contributed by atoms with Crippen LogP contribution in [0.15, 0.2) is 54.7 Å². The van der Waals surface area contributed by atoms with Crippen LogP contribution in [0.3, 0.4) is 0 Å². The number of thiazole rings is 1. The summed E-state index contributed by atoms with van der Waals surface area (Å²) in [7, 11) is 0. The fraction of sp³-hybridized carbons (Fsp3) is 0.227. The lowest BCUT2D eigenvalue weighted by Gasteiger charge is -2.20. The van der Waals surface area contributed by atoms with Gasteiger partial charge in [-0.1, -0.05) is 49.7 Å². The van der Waals surface area contributed by atoms with Crippen molar-refractivity contribution in [2.45, 2.75) is 26.7 Å². The molecule has 3 rings (SSSR count). The Balaban J connectivity index is 1.62. The summed E-state index contributed by atoms with van der Waals surface area (Å²) in [5.41, 5.74) is 1.81. The van der Waals surface area contributed by atoms with Crippen molar-refractivity contribution < 1.29 is 14.7 Å². The maximum Gasteiger partial charge on any atom is 0.323 e. The Bertz CT molecular complexity index is 1050. The highest BCUT2D eigenvalue weighted by molar-refractivity contribution is 7.15. The maximum absolute atomic E-state index is 12.2. The van der Waals surface area contributed by atoms with E-state index in [2.05, 4.69) is 15.6 Å². The molecule has 0 unspecified atom stereocenters. The van der Waals surface area contributed by atoms with Crippen LogP contribution in [-0.4, -0.2) is 22.1 Å². The number of hydrogen-bond donors (Lipinski definition) is 3. The van der Waals surface area contributed by atoms with Crippen molar-refractivity contribution in [3.05, 3.63) is 64.8 Å². The fourth-order valence-electron chi connectivity index (χ4n) is 2.97. The fourth-order valence-corrected chi connectivity index (χ4v) is 4.34. The number of nitrogens with one attached hydrogen (secondary N) is 2. The average Bonchev–Trinajstić information content (AvgIpc) is 3.10. The first-order valence-electron chi connectivity index (χ1n) is 9.31. The zero-order chi connectivity index (χ0) is 21.7. The van der Waals surface area contributed by atoms with Gasteiger partial charge in [0.1, 0.15) is 0 Å². The molecule has 2 amide bonds. The summed E-state index contributed by atoms with van der Waals surface area (Å²) in [6.45, 7) is 3.85. The van der Waals surface area contributed by atoms with Gasteiger partial charge in [0.15, 0.2) is 0 Å². The van der Waals surface area contributed by atoms with Gasteiger partial charge >= 0.3 is 12.0 Å². The number of hydrogen-bond acceptors (Lipinski definition) is 4. The molecule has 1 aromatic heterocycles. The number of benzene rings is 2. The normalized spacial score (nSPS) is 11.2. The molecule has 0 spiro atoms. The minimum Gasteiger partial charge on any atom is -0.481 e. The van der Waals surface area contributed by atoms with E-state index in [0.717, 1.165) is 15.4 Å². The number of halogens is 1. The standard InChI is InChI=1S/C22H22ClN3O3S/c1-22(2,12-20(27)28)11-19-24-13-18(30-19)14-7-9-15(10-8-14)25-21(29)26-17-6-4-3-5-16(17)23/h3-10,13H,11-12H2,1-2H3,(H,27,28)(H2,25,26,29). The van der Waals surface area contributed by atoms with Gasteiger partial charge in [-0.25, -0.2) is 9.78 Å². The van der Waals surface area contributed by atoms with E-state index in [-0.39, 0.29) is 17.9 Å². The highest BCUT2D eigenvalue weighted by Gasteiger charge is 2.24. The number of aliphatic carboxylic acids is 1. The first-order chi connectivity index (χ1) is 14.2. The first kappa shape index (κ1) is 21.8. The van der Waals surface area contributed by atoms with E-state index in [1.165, 1.54) is 0 Å². The van der Waals surface area contributed by atoms with Crippen LogP contribution in [0.1, 0.15) is 25.3 Å². The van der Waals surface area contributed by atoms with Crippen molar-refractivity contribution in [3.63, 3.8) is 0 Å². The van der Waals surface area contributed by atoms with E-state index < -0.39 is 5.97 Å². The van der Waals surface area contributed by atoms with Gasteiger partial charge in [-0.2, -0.15) is 0 Å². The monoisotopic (exact) mass is 443 g/mol. The second-order valence-corrected chi connectivity index (χ2v) is 9.19. The molecule has 3 aromatic rings. The van der Waals surface area contributed by atoms with Gasteiger partial charge in [0, 0.05) is 18.3 Å². The highest BCUT2D eigenvalue weighted by Crippen LogP contribution is 2.32. The number of carbonyl (C=O) groups is 2. The van der Waals surface area contributed by atoms with E-state index in [4.69, 9.17) is 16.7 Å². The lowest BCUT2D eigenvalue weighted by molar-refractivity contribution is -0.139.